The Balaban J connectivity index is 1.52. The second-order valence-electron chi connectivity index (χ2n) is 12.9. The normalized spacial score (nSPS) is 17.4. The largest absolute Gasteiger partial charge is 0.444 e. The molecule has 1 N–H and O–H groups in total. The van der Waals surface area contributed by atoms with E-state index < -0.39 is 35.0 Å². The second kappa shape index (κ2) is 13.6. The molecule has 4 heterocycles. The monoisotopic (exact) mass is 674 g/mol. The van der Waals surface area contributed by atoms with Crippen LogP contribution in [0.15, 0.2) is 23.0 Å². The van der Waals surface area contributed by atoms with E-state index in [0.717, 1.165) is 18.1 Å². The van der Waals surface area contributed by atoms with Crippen LogP contribution in [-0.2, 0) is 33.4 Å². The van der Waals surface area contributed by atoms with Crippen molar-refractivity contribution in [1.82, 2.24) is 29.0 Å². The van der Waals surface area contributed by atoms with Gasteiger partial charge < -0.3 is 29.2 Å². The summed E-state index contributed by atoms with van der Waals surface area (Å²) in [4.78, 5) is 52.2. The van der Waals surface area contributed by atoms with Crippen LogP contribution < -0.4 is 15.8 Å². The number of nitrogens with zero attached hydrogens (tertiary/aromatic N) is 7. The number of carbonyl (C=O) groups excluding carboxylic acids is 2. The number of alkyl halides is 3. The van der Waals surface area contributed by atoms with Gasteiger partial charge in [0.15, 0.2) is 5.82 Å². The molecule has 0 bridgehead atoms. The topological polar surface area (TPSA) is 136 Å². The van der Waals surface area contributed by atoms with Crippen LogP contribution in [-0.4, -0.2) is 86.0 Å². The summed E-state index contributed by atoms with van der Waals surface area (Å²) in [6, 6.07) is 1.97. The van der Waals surface area contributed by atoms with E-state index >= 15 is 0 Å². The number of hydrogen-bond acceptors (Lipinski definition) is 9. The number of piperazine rings is 1. The van der Waals surface area contributed by atoms with Crippen molar-refractivity contribution >= 4 is 34.7 Å². The fourth-order valence-electron chi connectivity index (χ4n) is 5.92. The number of methoxy groups -OCH3 is 1. The number of fused-ring (bicyclic) bond motifs is 1. The summed E-state index contributed by atoms with van der Waals surface area (Å²) in [5, 5.41) is 7.27. The Kier molecular flexibility index (Phi) is 9.85. The number of aryl methyl sites for hydroxylation is 1. The summed E-state index contributed by atoms with van der Waals surface area (Å²) in [7, 11) is 1.66. The molecule has 260 valence electrons. The Morgan fingerprint density at radius 3 is 2.35 bits per heavy atom. The summed E-state index contributed by atoms with van der Waals surface area (Å²) >= 11 is 0. The number of hydrogen-bond donors (Lipinski definition) is 1. The molecular weight excluding hydrogens is 633 g/mol. The minimum atomic E-state index is -4.62. The number of nitrogens with one attached hydrogen (secondary N) is 1. The lowest BCUT2D eigenvalue weighted by Gasteiger charge is -2.37. The number of carbonyl (C=O) groups is 2. The van der Waals surface area contributed by atoms with E-state index in [-0.39, 0.29) is 29.8 Å². The number of rotatable bonds is 7. The van der Waals surface area contributed by atoms with E-state index in [4.69, 9.17) is 14.5 Å². The van der Waals surface area contributed by atoms with Crippen LogP contribution in [0.3, 0.4) is 0 Å². The maximum Gasteiger partial charge on any atom is 0.433 e. The Hall–Kier alpha value is -4.47. The van der Waals surface area contributed by atoms with Crippen LogP contribution in [0.1, 0.15) is 69.9 Å². The summed E-state index contributed by atoms with van der Waals surface area (Å²) in [5.74, 6) is -0.0207. The van der Waals surface area contributed by atoms with Gasteiger partial charge in [0.05, 0.1) is 23.2 Å². The van der Waals surface area contributed by atoms with Crippen LogP contribution in [0.2, 0.25) is 0 Å². The average Bonchev–Trinajstić information content (AvgIpc) is 3.48. The molecule has 1 fully saturated rings. The van der Waals surface area contributed by atoms with Crippen LogP contribution >= 0.6 is 0 Å². The number of pyridine rings is 1. The number of halogens is 3. The number of ether oxygens (including phenoxy) is 2. The molecule has 3 aromatic rings. The van der Waals surface area contributed by atoms with Gasteiger partial charge in [-0.05, 0) is 71.1 Å². The Morgan fingerprint density at radius 1 is 1.08 bits per heavy atom. The van der Waals surface area contributed by atoms with Crippen molar-refractivity contribution in [1.29, 1.82) is 0 Å². The lowest BCUT2D eigenvalue weighted by molar-refractivity contribution is -0.141. The molecule has 13 nitrogen and oxygen atoms in total. The zero-order chi connectivity index (χ0) is 35.0. The number of allylic oxidation sites excluding steroid dienone is 1. The third-order valence-corrected chi connectivity index (χ3v) is 8.34. The molecule has 1 aliphatic heterocycles. The third kappa shape index (κ3) is 7.48. The van der Waals surface area contributed by atoms with Crippen LogP contribution in [0.5, 0.6) is 0 Å². The van der Waals surface area contributed by atoms with Gasteiger partial charge in [-0.15, -0.1) is 5.10 Å². The molecule has 0 saturated carbocycles. The lowest BCUT2D eigenvalue weighted by Crippen LogP contribution is -2.51. The molecule has 0 radical (unpaired) electrons. The van der Waals surface area contributed by atoms with Crippen LogP contribution in [0, 0.1) is 6.92 Å². The predicted molar refractivity (Wildman–Crippen MR) is 172 cm³/mol. The minimum absolute atomic E-state index is 0.00542. The van der Waals surface area contributed by atoms with E-state index in [0.29, 0.717) is 62.6 Å². The number of aromatic nitrogens is 5. The first-order valence-corrected chi connectivity index (χ1v) is 15.9. The van der Waals surface area contributed by atoms with Crippen molar-refractivity contribution in [2.75, 3.05) is 43.5 Å². The summed E-state index contributed by atoms with van der Waals surface area (Å²) in [6.45, 7) is 9.61. The van der Waals surface area contributed by atoms with E-state index in [1.54, 1.807) is 37.3 Å². The molecule has 1 saturated heterocycles. The highest BCUT2D eigenvalue weighted by atomic mass is 19.4. The Morgan fingerprint density at radius 2 is 1.79 bits per heavy atom. The van der Waals surface area contributed by atoms with Crippen molar-refractivity contribution < 1.29 is 32.2 Å². The molecule has 1 aliphatic carbocycles. The first-order chi connectivity index (χ1) is 22.6. The summed E-state index contributed by atoms with van der Waals surface area (Å²) in [6.07, 6.45) is -0.565. The average molecular weight is 675 g/mol. The highest BCUT2D eigenvalue weighted by Gasteiger charge is 2.33. The lowest BCUT2D eigenvalue weighted by atomic mass is 9.97. The Bertz CT molecular complexity index is 1780. The zero-order valence-electron chi connectivity index (χ0n) is 28.0. The molecule has 0 unspecified atom stereocenters. The highest BCUT2D eigenvalue weighted by Crippen LogP contribution is 2.30. The fourth-order valence-corrected chi connectivity index (χ4v) is 5.92. The Labute approximate surface area is 275 Å². The maximum atomic E-state index is 14.2. The summed E-state index contributed by atoms with van der Waals surface area (Å²) < 4.78 is 53.3. The number of amides is 2. The van der Waals surface area contributed by atoms with Gasteiger partial charge in [-0.2, -0.15) is 22.7 Å². The standard InChI is InChI=1S/C32H41F3N8O5/c1-7-23-26(40-14-16-41(17-15-40)30(46)48-31(3,4)5)28(45)43-29(38-27(39-43)20-8-10-21(47-6)11-9-20)42(23)18-25(44)37-22-12-13-24(32(33,34)35)36-19(22)2/h8,12-13,21H,7,9-11,14-18H2,1-6H3,(H,37,44)/t21-/m0/s1. The van der Waals surface area contributed by atoms with Gasteiger partial charge in [-0.3, -0.25) is 9.59 Å². The SMILES string of the molecule is CCc1c(N2CCN(C(=O)OC(C)(C)C)CC2)c(=O)n2nc(C3=CC[C@H](OC)CC3)nc2n1CC(=O)Nc1ccc(C(F)(F)F)nc1C. The van der Waals surface area contributed by atoms with Gasteiger partial charge in [-0.1, -0.05) is 13.0 Å². The van der Waals surface area contributed by atoms with Gasteiger partial charge in [0, 0.05) is 33.3 Å². The van der Waals surface area contributed by atoms with Crippen molar-refractivity contribution in [2.24, 2.45) is 0 Å². The first-order valence-electron chi connectivity index (χ1n) is 15.9. The molecule has 0 spiro atoms. The minimum Gasteiger partial charge on any atom is -0.444 e. The predicted octanol–water partition coefficient (Wildman–Crippen LogP) is 4.45. The van der Waals surface area contributed by atoms with Gasteiger partial charge in [0.25, 0.3) is 5.56 Å². The second-order valence-corrected chi connectivity index (χ2v) is 12.9. The van der Waals surface area contributed by atoms with Crippen LogP contribution in [0.25, 0.3) is 11.4 Å². The highest BCUT2D eigenvalue weighted by molar-refractivity contribution is 5.91. The zero-order valence-corrected chi connectivity index (χ0v) is 28.0. The van der Waals surface area contributed by atoms with Gasteiger partial charge in [0.1, 0.15) is 23.5 Å². The molecule has 0 aromatic carbocycles. The van der Waals surface area contributed by atoms with Gasteiger partial charge in [-0.25, -0.2) is 9.78 Å². The molecular formula is C32H41F3N8O5. The van der Waals surface area contributed by atoms with Crippen molar-refractivity contribution in [3.05, 3.63) is 51.5 Å². The van der Waals surface area contributed by atoms with Crippen molar-refractivity contribution in [3.8, 4) is 0 Å². The molecule has 1 atom stereocenters. The molecule has 2 aliphatic rings. The molecule has 16 heteroatoms. The van der Waals surface area contributed by atoms with Crippen molar-refractivity contribution in [2.45, 2.75) is 84.7 Å². The molecule has 5 rings (SSSR count). The quantitative estimate of drug-likeness (QED) is 0.386. The first kappa shape index (κ1) is 34.9. The third-order valence-electron chi connectivity index (χ3n) is 8.34. The van der Waals surface area contributed by atoms with E-state index in [2.05, 4.69) is 15.4 Å². The summed E-state index contributed by atoms with van der Waals surface area (Å²) in [5.41, 5.74) is -0.254. The van der Waals surface area contributed by atoms with Crippen molar-refractivity contribution in [3.63, 3.8) is 0 Å². The van der Waals surface area contributed by atoms with E-state index in [1.165, 1.54) is 17.5 Å². The number of anilines is 2. The van der Waals surface area contributed by atoms with Gasteiger partial charge >= 0.3 is 12.3 Å². The fraction of sp³-hybridized carbons (Fsp3) is 0.562. The molecule has 48 heavy (non-hydrogen) atoms. The van der Waals surface area contributed by atoms with Crippen LogP contribution in [0.4, 0.5) is 29.3 Å². The smallest absolute Gasteiger partial charge is 0.433 e. The molecule has 2 amide bonds. The molecule has 3 aromatic heterocycles. The maximum absolute atomic E-state index is 14.2. The van der Waals surface area contributed by atoms with E-state index in [9.17, 15) is 27.6 Å². The van der Waals surface area contributed by atoms with Gasteiger partial charge in [0.2, 0.25) is 11.7 Å². The van der Waals surface area contributed by atoms with E-state index in [1.807, 2.05) is 17.9 Å².